The average molecular weight is 395 g/mol. The molecule has 6 rings (SSSR count). The third kappa shape index (κ3) is 3.20. The van der Waals surface area contributed by atoms with Gasteiger partial charge in [0.05, 0.1) is 12.0 Å². The van der Waals surface area contributed by atoms with Crippen molar-refractivity contribution >= 4 is 22.7 Å². The Hall–Kier alpha value is -2.14. The predicted molar refractivity (Wildman–Crippen MR) is 110 cm³/mol. The number of fused-ring (bicyclic) bond motifs is 1. The van der Waals surface area contributed by atoms with Crippen LogP contribution in [0.3, 0.4) is 0 Å². The van der Waals surface area contributed by atoms with Crippen LogP contribution in [0.25, 0.3) is 10.9 Å². The number of ketones is 1. The molecule has 1 aromatic heterocycles. The second-order valence-corrected chi connectivity index (χ2v) is 10.0. The Balaban J connectivity index is 1.30. The van der Waals surface area contributed by atoms with Crippen molar-refractivity contribution in [2.75, 3.05) is 0 Å². The third-order valence-corrected chi connectivity index (χ3v) is 7.49. The van der Waals surface area contributed by atoms with Crippen molar-refractivity contribution in [2.24, 2.45) is 17.3 Å². The molecule has 4 aliphatic rings. The first-order chi connectivity index (χ1) is 13.8. The van der Waals surface area contributed by atoms with Crippen LogP contribution in [0.5, 0.6) is 0 Å². The van der Waals surface area contributed by atoms with Gasteiger partial charge in [0, 0.05) is 22.2 Å². The van der Waals surface area contributed by atoms with E-state index >= 15 is 0 Å². The Bertz CT molecular complexity index is 976. The van der Waals surface area contributed by atoms with Gasteiger partial charge in [-0.3, -0.25) is 9.59 Å². The highest BCUT2D eigenvalue weighted by atomic mass is 16.5. The zero-order valence-corrected chi connectivity index (χ0v) is 17.2. The van der Waals surface area contributed by atoms with Gasteiger partial charge < -0.3 is 14.8 Å². The van der Waals surface area contributed by atoms with E-state index in [2.05, 4.69) is 4.98 Å². The molecule has 3 atom stereocenters. The van der Waals surface area contributed by atoms with Crippen LogP contribution < -0.4 is 0 Å². The van der Waals surface area contributed by atoms with Crippen LogP contribution in [-0.4, -0.2) is 33.5 Å². The number of aryl methyl sites for hydroxylation is 1. The molecule has 29 heavy (non-hydrogen) atoms. The van der Waals surface area contributed by atoms with Gasteiger partial charge in [0.15, 0.2) is 6.10 Å². The number of hydrogen-bond acceptors (Lipinski definition) is 4. The number of rotatable bonds is 5. The number of nitrogens with one attached hydrogen (secondary N) is 1. The van der Waals surface area contributed by atoms with Gasteiger partial charge in [-0.15, -0.1) is 0 Å². The van der Waals surface area contributed by atoms with E-state index in [1.165, 1.54) is 6.42 Å². The average Bonchev–Trinajstić information content (AvgIpc) is 2.93. The molecule has 0 aliphatic heterocycles. The molecule has 4 saturated carbocycles. The summed E-state index contributed by atoms with van der Waals surface area (Å²) >= 11 is 0. The topological polar surface area (TPSA) is 79.4 Å². The van der Waals surface area contributed by atoms with Crippen LogP contribution >= 0.6 is 0 Å². The molecule has 2 aromatic rings. The molecule has 1 aromatic carbocycles. The molecule has 2 N–H and O–H groups in total. The van der Waals surface area contributed by atoms with Gasteiger partial charge in [-0.05, 0) is 75.7 Å². The Morgan fingerprint density at radius 2 is 1.90 bits per heavy atom. The summed E-state index contributed by atoms with van der Waals surface area (Å²) in [5.41, 5.74) is 1.57. The Labute approximate surface area is 170 Å². The number of carbonyl (C=O) groups is 2. The van der Waals surface area contributed by atoms with Crippen molar-refractivity contribution in [3.63, 3.8) is 0 Å². The maximum atomic E-state index is 13.1. The molecule has 0 radical (unpaired) electrons. The SMILES string of the molecule is Cc1[nH]c2ccccc2c1C(=O)[C@@H](C)OC(=O)CC12C[C@H]3C[C@@H](CC(O)(C3)C1)C2. The number of hydrogen-bond donors (Lipinski definition) is 2. The standard InChI is InChI=1S/C24H29NO4/c1-14-21(18-5-3-4-6-19(18)25-14)22(27)15(2)29-20(26)12-23-8-16-7-17(9-23)11-24(28,10-16)13-23/h3-6,15-17,25,28H,7-13H2,1-2H3/t15-,16-,17-,23?,24?/m1/s1. The number of esters is 1. The van der Waals surface area contributed by atoms with E-state index in [0.29, 0.717) is 30.2 Å². The highest BCUT2D eigenvalue weighted by molar-refractivity contribution is 6.11. The lowest BCUT2D eigenvalue weighted by Crippen LogP contribution is -2.56. The highest BCUT2D eigenvalue weighted by Gasteiger charge is 2.57. The lowest BCUT2D eigenvalue weighted by atomic mass is 9.47. The number of benzene rings is 1. The fourth-order valence-electron chi connectivity index (χ4n) is 7.00. The van der Waals surface area contributed by atoms with Crippen molar-refractivity contribution < 1.29 is 19.4 Å². The fourth-order valence-corrected chi connectivity index (χ4v) is 7.00. The highest BCUT2D eigenvalue weighted by Crippen LogP contribution is 2.62. The molecule has 5 nitrogen and oxygen atoms in total. The molecule has 0 amide bonds. The first-order valence-corrected chi connectivity index (χ1v) is 10.8. The summed E-state index contributed by atoms with van der Waals surface area (Å²) in [5.74, 6) is 0.579. The quantitative estimate of drug-likeness (QED) is 0.584. The molecule has 0 saturated heterocycles. The van der Waals surface area contributed by atoms with Crippen LogP contribution in [0.2, 0.25) is 0 Å². The number of Topliss-reactive ketones (excluding diaryl/α,β-unsaturated/α-hetero) is 1. The number of aromatic nitrogens is 1. The summed E-state index contributed by atoms with van der Waals surface area (Å²) in [6.07, 6.45) is 5.16. The van der Waals surface area contributed by atoms with Crippen LogP contribution in [0, 0.1) is 24.2 Å². The normalized spacial score (nSPS) is 33.8. The number of ether oxygens (including phenoxy) is 1. The third-order valence-electron chi connectivity index (χ3n) is 7.49. The minimum atomic E-state index is -0.822. The zero-order chi connectivity index (χ0) is 20.4. The molecule has 4 aliphatic carbocycles. The molecule has 5 heteroatoms. The summed E-state index contributed by atoms with van der Waals surface area (Å²) in [4.78, 5) is 29.1. The summed E-state index contributed by atoms with van der Waals surface area (Å²) in [5, 5.41) is 11.8. The van der Waals surface area contributed by atoms with E-state index in [9.17, 15) is 14.7 Å². The molecular formula is C24H29NO4. The maximum Gasteiger partial charge on any atom is 0.307 e. The van der Waals surface area contributed by atoms with Crippen molar-refractivity contribution in [3.8, 4) is 0 Å². The molecule has 4 fully saturated rings. The van der Waals surface area contributed by atoms with E-state index in [1.807, 2.05) is 31.2 Å². The second kappa shape index (κ2) is 6.43. The van der Waals surface area contributed by atoms with E-state index in [4.69, 9.17) is 4.74 Å². The Morgan fingerprint density at radius 3 is 2.59 bits per heavy atom. The Morgan fingerprint density at radius 1 is 1.21 bits per heavy atom. The van der Waals surface area contributed by atoms with Gasteiger partial charge in [0.25, 0.3) is 0 Å². The number of aromatic amines is 1. The van der Waals surface area contributed by atoms with Crippen LogP contribution in [0.4, 0.5) is 0 Å². The maximum absolute atomic E-state index is 13.1. The zero-order valence-electron chi connectivity index (χ0n) is 17.2. The van der Waals surface area contributed by atoms with E-state index < -0.39 is 11.7 Å². The van der Waals surface area contributed by atoms with Gasteiger partial charge in [0.2, 0.25) is 5.78 Å². The van der Waals surface area contributed by atoms with Crippen molar-refractivity contribution in [1.82, 2.24) is 4.98 Å². The minimum absolute atomic E-state index is 0.143. The van der Waals surface area contributed by atoms with Crippen molar-refractivity contribution in [1.29, 1.82) is 0 Å². The fraction of sp³-hybridized carbons (Fsp3) is 0.583. The molecule has 0 unspecified atom stereocenters. The van der Waals surface area contributed by atoms with Crippen molar-refractivity contribution in [2.45, 2.75) is 70.5 Å². The first kappa shape index (κ1) is 18.9. The monoisotopic (exact) mass is 395 g/mol. The Kier molecular flexibility index (Phi) is 4.18. The number of carbonyl (C=O) groups excluding carboxylic acids is 2. The lowest BCUT2D eigenvalue weighted by molar-refractivity contribution is -0.178. The smallest absolute Gasteiger partial charge is 0.307 e. The summed E-state index contributed by atoms with van der Waals surface area (Å²) in [6, 6.07) is 7.68. The van der Waals surface area contributed by atoms with Gasteiger partial charge in [-0.1, -0.05) is 18.2 Å². The second-order valence-electron chi connectivity index (χ2n) is 10.0. The number of aliphatic hydroxyl groups is 1. The summed E-state index contributed by atoms with van der Waals surface area (Å²) in [7, 11) is 0. The van der Waals surface area contributed by atoms with Gasteiger partial charge in [-0.2, -0.15) is 0 Å². The molecule has 4 bridgehead atoms. The number of para-hydroxylation sites is 1. The van der Waals surface area contributed by atoms with Crippen LogP contribution in [0.15, 0.2) is 24.3 Å². The summed E-state index contributed by atoms with van der Waals surface area (Å²) < 4.78 is 5.63. The first-order valence-electron chi connectivity index (χ1n) is 10.8. The minimum Gasteiger partial charge on any atom is -0.454 e. The molecule has 1 heterocycles. The van der Waals surface area contributed by atoms with Gasteiger partial charge in [0.1, 0.15) is 0 Å². The predicted octanol–water partition coefficient (Wildman–Crippen LogP) is 4.31. The van der Waals surface area contributed by atoms with E-state index in [-0.39, 0.29) is 17.2 Å². The molecule has 0 spiro atoms. The molecule has 154 valence electrons. The summed E-state index contributed by atoms with van der Waals surface area (Å²) in [6.45, 7) is 3.53. The van der Waals surface area contributed by atoms with Crippen LogP contribution in [-0.2, 0) is 9.53 Å². The number of H-pyrrole nitrogens is 1. The molecular weight excluding hydrogens is 366 g/mol. The van der Waals surface area contributed by atoms with E-state index in [0.717, 1.165) is 42.3 Å². The lowest BCUT2D eigenvalue weighted by Gasteiger charge is -2.60. The van der Waals surface area contributed by atoms with Crippen LogP contribution in [0.1, 0.15) is 67.9 Å². The van der Waals surface area contributed by atoms with Gasteiger partial charge >= 0.3 is 5.97 Å². The van der Waals surface area contributed by atoms with E-state index in [1.54, 1.807) is 6.92 Å². The van der Waals surface area contributed by atoms with Crippen molar-refractivity contribution in [3.05, 3.63) is 35.5 Å². The largest absolute Gasteiger partial charge is 0.454 e. The van der Waals surface area contributed by atoms with Gasteiger partial charge in [-0.25, -0.2) is 0 Å².